The molecule has 21 heavy (non-hydrogen) atoms. The van der Waals surface area contributed by atoms with Crippen molar-refractivity contribution in [3.63, 3.8) is 0 Å². The maximum absolute atomic E-state index is 3.53. The Morgan fingerprint density at radius 1 is 0.810 bits per heavy atom. The van der Waals surface area contributed by atoms with Crippen LogP contribution in [0.4, 0.5) is 0 Å². The van der Waals surface area contributed by atoms with Gasteiger partial charge in [0.25, 0.3) is 0 Å². The molecule has 2 heterocycles. The van der Waals surface area contributed by atoms with Crippen molar-refractivity contribution in [3.05, 3.63) is 70.5 Å². The second-order valence-electron chi connectivity index (χ2n) is 4.80. The minimum absolute atomic E-state index is 0.410. The van der Waals surface area contributed by atoms with E-state index in [1.165, 1.54) is 26.5 Å². The van der Waals surface area contributed by atoms with Crippen LogP contribution in [0, 0.1) is 0 Å². The third kappa shape index (κ3) is 2.45. The molecule has 0 radical (unpaired) electrons. The molecule has 2 aromatic carbocycles. The summed E-state index contributed by atoms with van der Waals surface area (Å²) in [7, 11) is 0. The molecule has 0 atom stereocenters. The van der Waals surface area contributed by atoms with E-state index in [0.717, 1.165) is 4.47 Å². The summed E-state index contributed by atoms with van der Waals surface area (Å²) < 4.78 is 4.17. The van der Waals surface area contributed by atoms with E-state index in [1.54, 1.807) is 3.57 Å². The van der Waals surface area contributed by atoms with Crippen molar-refractivity contribution in [1.82, 2.24) is 0 Å². The van der Waals surface area contributed by atoms with Crippen LogP contribution in [0.25, 0.3) is 30.1 Å². The second kappa shape index (κ2) is 5.58. The summed E-state index contributed by atoms with van der Waals surface area (Å²) in [5.74, 6) is 0. The first-order chi connectivity index (χ1) is 10.3. The van der Waals surface area contributed by atoms with Gasteiger partial charge in [-0.15, -0.1) is 0 Å². The summed E-state index contributed by atoms with van der Waals surface area (Å²) in [5, 5.41) is 3.65. The number of fused-ring (bicyclic) bond motifs is 1. The van der Waals surface area contributed by atoms with E-state index in [9.17, 15) is 0 Å². The molecule has 0 aliphatic heterocycles. The number of benzene rings is 2. The summed E-state index contributed by atoms with van der Waals surface area (Å²) in [6.07, 6.45) is 0. The van der Waals surface area contributed by atoms with E-state index in [-0.39, 0.29) is 0 Å². The number of hydrogen-bond acceptors (Lipinski definition) is 1. The van der Waals surface area contributed by atoms with Crippen molar-refractivity contribution in [2.24, 2.45) is 0 Å². The fraction of sp³-hybridized carbons (Fsp3) is 0. The molecule has 0 fully saturated rings. The van der Waals surface area contributed by atoms with Gasteiger partial charge in [0, 0.05) is 0 Å². The topological polar surface area (TPSA) is 0 Å². The van der Waals surface area contributed by atoms with Gasteiger partial charge < -0.3 is 0 Å². The van der Waals surface area contributed by atoms with Crippen molar-refractivity contribution in [2.75, 3.05) is 0 Å². The van der Waals surface area contributed by atoms with Gasteiger partial charge >= 0.3 is 142 Å². The molecule has 0 amide bonds. The van der Waals surface area contributed by atoms with E-state index in [1.807, 2.05) is 11.3 Å². The fourth-order valence-corrected chi connectivity index (χ4v) is 6.75. The van der Waals surface area contributed by atoms with E-state index in [4.69, 9.17) is 0 Å². The van der Waals surface area contributed by atoms with Gasteiger partial charge in [0.15, 0.2) is 0 Å². The standard InChI is InChI=1S/C18H11BrSSe/c19-14-8-6-12(7-9-14)16-15-10-11-20-18(15)21-17(16)13-4-2-1-3-5-13/h1-11H. The number of halogens is 1. The van der Waals surface area contributed by atoms with Crippen LogP contribution < -0.4 is 0 Å². The molecule has 0 N–H and O–H groups in total. The van der Waals surface area contributed by atoms with Crippen molar-refractivity contribution in [2.45, 2.75) is 0 Å². The van der Waals surface area contributed by atoms with Crippen LogP contribution in [0.5, 0.6) is 0 Å². The summed E-state index contributed by atoms with van der Waals surface area (Å²) in [4.78, 5) is 0. The molecule has 2 aromatic heterocycles. The first-order valence-electron chi connectivity index (χ1n) is 6.64. The molecule has 0 spiro atoms. The summed E-state index contributed by atoms with van der Waals surface area (Å²) in [5.41, 5.74) is 4.10. The maximum atomic E-state index is 3.53. The van der Waals surface area contributed by atoms with Gasteiger partial charge in [-0.3, -0.25) is 0 Å². The number of hydrogen-bond donors (Lipinski definition) is 0. The molecule has 0 aliphatic carbocycles. The second-order valence-corrected chi connectivity index (χ2v) is 9.36. The van der Waals surface area contributed by atoms with Gasteiger partial charge in [0.2, 0.25) is 0 Å². The van der Waals surface area contributed by atoms with Gasteiger partial charge in [-0.1, -0.05) is 0 Å². The van der Waals surface area contributed by atoms with Gasteiger partial charge in [-0.2, -0.15) is 0 Å². The van der Waals surface area contributed by atoms with Crippen LogP contribution in [-0.4, -0.2) is 14.5 Å². The minimum atomic E-state index is 0.410. The Morgan fingerprint density at radius 2 is 1.57 bits per heavy atom. The monoisotopic (exact) mass is 418 g/mol. The van der Waals surface area contributed by atoms with E-state index in [2.05, 4.69) is 82.0 Å². The van der Waals surface area contributed by atoms with Crippen molar-refractivity contribution < 1.29 is 0 Å². The molecule has 0 nitrogen and oxygen atoms in total. The Hall–Kier alpha value is -1.12. The van der Waals surface area contributed by atoms with Crippen LogP contribution >= 0.6 is 27.3 Å². The molecule has 4 aromatic rings. The normalized spacial score (nSPS) is 11.1. The third-order valence-corrected chi connectivity index (χ3v) is 7.96. The molecular formula is C18H11BrSSe. The first-order valence-corrected chi connectivity index (χ1v) is 10.0. The molecule has 0 saturated heterocycles. The molecule has 0 bridgehead atoms. The average molecular weight is 418 g/mol. The Balaban J connectivity index is 2.01. The Labute approximate surface area is 141 Å². The Kier molecular flexibility index (Phi) is 3.60. The zero-order chi connectivity index (χ0) is 14.2. The van der Waals surface area contributed by atoms with E-state index in [0.29, 0.717) is 14.5 Å². The first kappa shape index (κ1) is 13.5. The third-order valence-electron chi connectivity index (χ3n) is 3.49. The van der Waals surface area contributed by atoms with Gasteiger partial charge in [-0.25, -0.2) is 0 Å². The molecule has 0 unspecified atom stereocenters. The van der Waals surface area contributed by atoms with Crippen molar-refractivity contribution in [1.29, 1.82) is 0 Å². The Bertz CT molecular complexity index is 888. The van der Waals surface area contributed by atoms with Crippen LogP contribution in [0.3, 0.4) is 0 Å². The van der Waals surface area contributed by atoms with E-state index >= 15 is 0 Å². The van der Waals surface area contributed by atoms with Gasteiger partial charge in [0.1, 0.15) is 0 Å². The Morgan fingerprint density at radius 3 is 2.33 bits per heavy atom. The molecule has 3 heteroatoms. The van der Waals surface area contributed by atoms with Crippen LogP contribution in [-0.2, 0) is 0 Å². The van der Waals surface area contributed by atoms with Crippen molar-refractivity contribution in [3.8, 4) is 21.1 Å². The van der Waals surface area contributed by atoms with Gasteiger partial charge in [-0.05, 0) is 0 Å². The number of thiophene rings is 1. The average Bonchev–Trinajstić information content (AvgIpc) is 3.10. The summed E-state index contributed by atoms with van der Waals surface area (Å²) in [6.45, 7) is 0. The summed E-state index contributed by atoms with van der Waals surface area (Å²) in [6, 6.07) is 21.8. The zero-order valence-corrected chi connectivity index (χ0v) is 15.2. The van der Waals surface area contributed by atoms with Crippen LogP contribution in [0.1, 0.15) is 0 Å². The molecule has 4 rings (SSSR count). The number of rotatable bonds is 2. The van der Waals surface area contributed by atoms with E-state index < -0.39 is 0 Å². The van der Waals surface area contributed by atoms with Gasteiger partial charge in [0.05, 0.1) is 0 Å². The predicted molar refractivity (Wildman–Crippen MR) is 97.3 cm³/mol. The van der Waals surface area contributed by atoms with Crippen LogP contribution in [0.2, 0.25) is 0 Å². The zero-order valence-electron chi connectivity index (χ0n) is 11.0. The fourth-order valence-electron chi connectivity index (χ4n) is 2.52. The van der Waals surface area contributed by atoms with Crippen molar-refractivity contribution >= 4 is 50.7 Å². The molecule has 0 aliphatic rings. The quantitative estimate of drug-likeness (QED) is 0.348. The molecular weight excluding hydrogens is 407 g/mol. The predicted octanol–water partition coefficient (Wildman–Crippen LogP) is 6.05. The SMILES string of the molecule is Brc1ccc(-c2c(-c3ccccc3)[se]c3sccc23)cc1. The molecule has 102 valence electrons. The molecule has 0 saturated carbocycles. The summed E-state index contributed by atoms with van der Waals surface area (Å²) >= 11 is 5.83. The van der Waals surface area contributed by atoms with Crippen LogP contribution in [0.15, 0.2) is 70.5 Å².